The van der Waals surface area contributed by atoms with Crippen molar-refractivity contribution < 1.29 is 18.0 Å². The number of benzene rings is 2. The number of aromatic nitrogens is 3. The summed E-state index contributed by atoms with van der Waals surface area (Å²) < 4.78 is 40.9. The summed E-state index contributed by atoms with van der Waals surface area (Å²) in [5.74, 6) is -0.483. The van der Waals surface area contributed by atoms with Crippen LogP contribution in [0.3, 0.4) is 0 Å². The molecule has 146 valence electrons. The van der Waals surface area contributed by atoms with Crippen molar-refractivity contribution in [1.82, 2.24) is 19.9 Å². The lowest BCUT2D eigenvalue weighted by molar-refractivity contribution is -0.138. The normalized spacial score (nSPS) is 11.4. The van der Waals surface area contributed by atoms with Gasteiger partial charge in [0, 0.05) is 20.1 Å². The van der Waals surface area contributed by atoms with Gasteiger partial charge in [-0.2, -0.15) is 13.2 Å². The number of alkyl halides is 3. The van der Waals surface area contributed by atoms with Crippen LogP contribution in [0.2, 0.25) is 0 Å². The van der Waals surface area contributed by atoms with Crippen LogP contribution in [0.15, 0.2) is 60.8 Å². The third-order valence-corrected chi connectivity index (χ3v) is 4.31. The van der Waals surface area contributed by atoms with Crippen molar-refractivity contribution in [1.29, 1.82) is 0 Å². The minimum atomic E-state index is -4.47. The summed E-state index contributed by atoms with van der Waals surface area (Å²) in [5.41, 5.74) is 0.510. The average Bonchev–Trinajstić information content (AvgIpc) is 3.15. The van der Waals surface area contributed by atoms with E-state index in [2.05, 4.69) is 10.3 Å². The first-order valence-corrected chi connectivity index (χ1v) is 8.69. The van der Waals surface area contributed by atoms with E-state index in [9.17, 15) is 18.0 Å². The maximum absolute atomic E-state index is 13.1. The summed E-state index contributed by atoms with van der Waals surface area (Å²) in [5, 5.41) is 7.80. The lowest BCUT2D eigenvalue weighted by Gasteiger charge is -2.19. The van der Waals surface area contributed by atoms with E-state index in [1.165, 1.54) is 36.3 Å². The van der Waals surface area contributed by atoms with Gasteiger partial charge in [0.15, 0.2) is 5.69 Å². The summed E-state index contributed by atoms with van der Waals surface area (Å²) in [7, 11) is 1.44. The van der Waals surface area contributed by atoms with Gasteiger partial charge >= 0.3 is 6.18 Å². The molecule has 0 saturated carbocycles. The van der Waals surface area contributed by atoms with Crippen LogP contribution in [0, 0.1) is 0 Å². The molecular weight excluding hydrogens is 369 g/mol. The van der Waals surface area contributed by atoms with Crippen LogP contribution in [0.4, 0.5) is 13.2 Å². The molecule has 0 N–H and O–H groups in total. The lowest BCUT2D eigenvalue weighted by Crippen LogP contribution is -2.27. The van der Waals surface area contributed by atoms with Crippen molar-refractivity contribution in [3.8, 4) is 0 Å². The van der Waals surface area contributed by atoms with Crippen LogP contribution in [0.1, 0.15) is 27.2 Å². The zero-order valence-electron chi connectivity index (χ0n) is 15.2. The number of hydrogen-bond donors (Lipinski definition) is 0. The van der Waals surface area contributed by atoms with Gasteiger partial charge in [-0.3, -0.25) is 9.48 Å². The van der Waals surface area contributed by atoms with Crippen molar-refractivity contribution in [2.24, 2.45) is 0 Å². The smallest absolute Gasteiger partial charge is 0.336 e. The van der Waals surface area contributed by atoms with E-state index in [0.717, 1.165) is 18.1 Å². The number of rotatable bonds is 6. The molecule has 5 nitrogen and oxygen atoms in total. The third kappa shape index (κ3) is 4.76. The Morgan fingerprint density at radius 1 is 1.07 bits per heavy atom. The SMILES string of the molecule is CN(Cc1ccccc1C(F)(F)F)C(=O)c1cn(CCc2ccccc2)nn1. The van der Waals surface area contributed by atoms with Gasteiger partial charge in [-0.15, -0.1) is 5.10 Å². The maximum Gasteiger partial charge on any atom is 0.416 e. The summed E-state index contributed by atoms with van der Waals surface area (Å²) in [6.45, 7) is 0.371. The molecule has 28 heavy (non-hydrogen) atoms. The zero-order valence-corrected chi connectivity index (χ0v) is 15.2. The van der Waals surface area contributed by atoms with Gasteiger partial charge in [-0.25, -0.2) is 0 Å². The van der Waals surface area contributed by atoms with Crippen LogP contribution in [-0.4, -0.2) is 32.8 Å². The molecule has 3 aromatic rings. The standard InChI is InChI=1S/C20H19F3N4O/c1-26(13-16-9-5-6-10-17(16)20(21,22)23)19(28)18-14-27(25-24-18)12-11-15-7-3-2-4-8-15/h2-10,14H,11-13H2,1H3. The first-order valence-electron chi connectivity index (χ1n) is 8.69. The van der Waals surface area contributed by atoms with Gasteiger partial charge < -0.3 is 4.90 Å². The highest BCUT2D eigenvalue weighted by atomic mass is 19.4. The Morgan fingerprint density at radius 3 is 2.46 bits per heavy atom. The first-order chi connectivity index (χ1) is 13.3. The number of nitrogens with zero attached hydrogens (tertiary/aromatic N) is 4. The van der Waals surface area contributed by atoms with Gasteiger partial charge in [0.2, 0.25) is 0 Å². The monoisotopic (exact) mass is 388 g/mol. The Morgan fingerprint density at radius 2 is 1.75 bits per heavy atom. The highest BCUT2D eigenvalue weighted by Crippen LogP contribution is 2.32. The average molecular weight is 388 g/mol. The predicted molar refractivity (Wildman–Crippen MR) is 97.4 cm³/mol. The first kappa shape index (κ1) is 19.6. The van der Waals surface area contributed by atoms with Crippen molar-refractivity contribution in [3.63, 3.8) is 0 Å². The fourth-order valence-electron chi connectivity index (χ4n) is 2.85. The molecule has 0 aliphatic heterocycles. The van der Waals surface area contributed by atoms with Crippen molar-refractivity contribution in [3.05, 3.63) is 83.2 Å². The maximum atomic E-state index is 13.1. The summed E-state index contributed by atoms with van der Waals surface area (Å²) in [4.78, 5) is 13.7. The molecule has 1 heterocycles. The van der Waals surface area contributed by atoms with Crippen LogP contribution in [0.25, 0.3) is 0 Å². The van der Waals surface area contributed by atoms with E-state index < -0.39 is 17.6 Å². The van der Waals surface area contributed by atoms with Gasteiger partial charge in [-0.1, -0.05) is 53.7 Å². The van der Waals surface area contributed by atoms with Gasteiger partial charge in [-0.05, 0) is 23.6 Å². The Kier molecular flexibility index (Phi) is 5.77. The minimum Gasteiger partial charge on any atom is -0.336 e. The van der Waals surface area contributed by atoms with E-state index in [1.54, 1.807) is 4.68 Å². The predicted octanol–water partition coefficient (Wildman–Crippen LogP) is 3.81. The molecule has 0 unspecified atom stereocenters. The second-order valence-electron chi connectivity index (χ2n) is 6.42. The highest BCUT2D eigenvalue weighted by molar-refractivity contribution is 5.91. The number of amides is 1. The Hall–Kier alpha value is -3.16. The van der Waals surface area contributed by atoms with E-state index in [0.29, 0.717) is 6.54 Å². The molecule has 8 heteroatoms. The van der Waals surface area contributed by atoms with E-state index in [4.69, 9.17) is 0 Å². The molecule has 0 fully saturated rings. The number of carbonyl (C=O) groups is 1. The topological polar surface area (TPSA) is 51.0 Å². The number of carbonyl (C=O) groups excluding carboxylic acids is 1. The molecule has 0 atom stereocenters. The third-order valence-electron chi connectivity index (χ3n) is 4.31. The molecule has 0 aliphatic rings. The van der Waals surface area contributed by atoms with Crippen molar-refractivity contribution in [2.75, 3.05) is 7.05 Å². The van der Waals surface area contributed by atoms with Crippen LogP contribution < -0.4 is 0 Å². The molecule has 2 aromatic carbocycles. The van der Waals surface area contributed by atoms with Gasteiger partial charge in [0.25, 0.3) is 5.91 Å². The molecule has 0 saturated heterocycles. The van der Waals surface area contributed by atoms with E-state index in [-0.39, 0.29) is 17.8 Å². The fourth-order valence-corrected chi connectivity index (χ4v) is 2.85. The quantitative estimate of drug-likeness (QED) is 0.645. The molecule has 1 amide bonds. The van der Waals surface area contributed by atoms with Gasteiger partial charge in [0.05, 0.1) is 11.8 Å². The number of hydrogen-bond acceptors (Lipinski definition) is 3. The molecule has 0 spiro atoms. The minimum absolute atomic E-state index is 0.0299. The van der Waals surface area contributed by atoms with Crippen LogP contribution in [0.5, 0.6) is 0 Å². The zero-order chi connectivity index (χ0) is 20.1. The molecule has 0 radical (unpaired) electrons. The largest absolute Gasteiger partial charge is 0.416 e. The molecule has 0 bridgehead atoms. The summed E-state index contributed by atoms with van der Waals surface area (Å²) >= 11 is 0. The molecular formula is C20H19F3N4O. The molecule has 0 aliphatic carbocycles. The Balaban J connectivity index is 1.65. The van der Waals surface area contributed by atoms with Crippen molar-refractivity contribution >= 4 is 5.91 Å². The second kappa shape index (κ2) is 8.24. The fraction of sp³-hybridized carbons (Fsp3) is 0.250. The van der Waals surface area contributed by atoms with Gasteiger partial charge in [0.1, 0.15) is 0 Å². The van der Waals surface area contributed by atoms with Crippen LogP contribution >= 0.6 is 0 Å². The Bertz CT molecular complexity index is 938. The second-order valence-corrected chi connectivity index (χ2v) is 6.42. The number of halogens is 3. The van der Waals surface area contributed by atoms with Crippen molar-refractivity contribution in [2.45, 2.75) is 25.7 Å². The molecule has 1 aromatic heterocycles. The Labute approximate surface area is 160 Å². The van der Waals surface area contributed by atoms with E-state index in [1.807, 2.05) is 30.3 Å². The van der Waals surface area contributed by atoms with E-state index >= 15 is 0 Å². The molecule has 3 rings (SSSR count). The number of aryl methyl sites for hydroxylation is 2. The highest BCUT2D eigenvalue weighted by Gasteiger charge is 2.33. The lowest BCUT2D eigenvalue weighted by atomic mass is 10.1. The van der Waals surface area contributed by atoms with Crippen LogP contribution in [-0.2, 0) is 25.7 Å². The summed E-state index contributed by atoms with van der Waals surface area (Å²) in [6, 6.07) is 15.0. The summed E-state index contributed by atoms with van der Waals surface area (Å²) in [6.07, 6.45) is -2.23.